The van der Waals surface area contributed by atoms with Crippen LogP contribution in [-0.2, 0) is 0 Å². The van der Waals surface area contributed by atoms with Crippen LogP contribution in [0, 0.1) is 36.5 Å². The SMILES string of the molecule is Cc1cc2nc3c(nc2cc1C#N)-c1ccc2c4c(ccc-3c14)-c1nc3cc(C)c(C#N)cc3nc1-2. The highest BCUT2D eigenvalue weighted by Gasteiger charge is 2.32. The average Bonchev–Trinajstić information content (AvgIpc) is 3.36. The van der Waals surface area contributed by atoms with Crippen LogP contribution in [0.1, 0.15) is 22.3 Å². The molecule has 0 fully saturated rings. The lowest BCUT2D eigenvalue weighted by molar-refractivity contribution is 1.29. The van der Waals surface area contributed by atoms with Gasteiger partial charge in [0, 0.05) is 33.0 Å². The maximum absolute atomic E-state index is 9.48. The summed E-state index contributed by atoms with van der Waals surface area (Å²) in [5.41, 5.74) is 13.6. The van der Waals surface area contributed by atoms with Crippen molar-refractivity contribution < 1.29 is 0 Å². The van der Waals surface area contributed by atoms with Crippen LogP contribution in [-0.4, -0.2) is 19.9 Å². The van der Waals surface area contributed by atoms with E-state index in [1.165, 1.54) is 0 Å². The van der Waals surface area contributed by atoms with Crippen molar-refractivity contribution in [2.24, 2.45) is 0 Å². The fourth-order valence-electron chi connectivity index (χ4n) is 5.69. The third kappa shape index (κ3) is 2.19. The van der Waals surface area contributed by atoms with Crippen LogP contribution >= 0.6 is 0 Å². The molecule has 0 unspecified atom stereocenters. The number of nitriles is 2. The van der Waals surface area contributed by atoms with Crippen LogP contribution in [0.15, 0.2) is 48.5 Å². The molecule has 2 aliphatic carbocycles. The lowest BCUT2D eigenvalue weighted by Gasteiger charge is -2.07. The Kier molecular flexibility index (Phi) is 3.33. The van der Waals surface area contributed by atoms with Gasteiger partial charge in [-0.1, -0.05) is 24.3 Å². The lowest BCUT2D eigenvalue weighted by atomic mass is 9.99. The smallest absolute Gasteiger partial charge is 0.0995 e. The maximum atomic E-state index is 9.48. The van der Waals surface area contributed by atoms with Gasteiger partial charge in [0.1, 0.15) is 0 Å². The van der Waals surface area contributed by atoms with Crippen LogP contribution in [0.4, 0.5) is 0 Å². The molecule has 0 bridgehead atoms. The van der Waals surface area contributed by atoms with Crippen molar-refractivity contribution in [2.75, 3.05) is 0 Å². The normalized spacial score (nSPS) is 12.1. The van der Waals surface area contributed by atoms with Crippen LogP contribution in [0.3, 0.4) is 0 Å². The fourth-order valence-corrected chi connectivity index (χ4v) is 5.69. The molecule has 0 saturated carbocycles. The van der Waals surface area contributed by atoms with Gasteiger partial charge in [-0.05, 0) is 49.2 Å². The first-order valence-corrected chi connectivity index (χ1v) is 11.6. The van der Waals surface area contributed by atoms with Crippen molar-refractivity contribution in [3.05, 3.63) is 70.8 Å². The molecule has 2 heterocycles. The lowest BCUT2D eigenvalue weighted by Crippen LogP contribution is -1.94. The molecule has 0 saturated heterocycles. The van der Waals surface area contributed by atoms with Crippen LogP contribution < -0.4 is 0 Å². The molecule has 4 aromatic carbocycles. The molecule has 0 amide bonds. The summed E-state index contributed by atoms with van der Waals surface area (Å²) in [5, 5.41) is 21.2. The average molecular weight is 458 g/mol. The number of fused-ring (bicyclic) bond motifs is 8. The van der Waals surface area contributed by atoms with E-state index in [1.807, 2.05) is 38.1 Å². The molecule has 2 aliphatic rings. The Balaban J connectivity index is 1.43. The highest BCUT2D eigenvalue weighted by molar-refractivity contribution is 6.25. The van der Waals surface area contributed by atoms with E-state index in [9.17, 15) is 10.5 Å². The number of rotatable bonds is 0. The molecule has 8 rings (SSSR count). The monoisotopic (exact) mass is 458 g/mol. The maximum Gasteiger partial charge on any atom is 0.0995 e. The van der Waals surface area contributed by atoms with E-state index in [0.29, 0.717) is 11.1 Å². The Morgan fingerprint density at radius 1 is 0.500 bits per heavy atom. The molecule has 164 valence electrons. The van der Waals surface area contributed by atoms with E-state index < -0.39 is 0 Å². The number of aromatic nitrogens is 4. The van der Waals surface area contributed by atoms with Crippen molar-refractivity contribution >= 4 is 32.8 Å². The molecular formula is C30H14N6. The summed E-state index contributed by atoms with van der Waals surface area (Å²) in [6.45, 7) is 3.84. The van der Waals surface area contributed by atoms with E-state index in [2.05, 4.69) is 36.4 Å². The molecular weight excluding hydrogens is 444 g/mol. The number of aryl methyl sites for hydroxylation is 2. The predicted molar refractivity (Wildman–Crippen MR) is 138 cm³/mol. The van der Waals surface area contributed by atoms with Gasteiger partial charge < -0.3 is 0 Å². The fraction of sp³-hybridized carbons (Fsp3) is 0.0667. The van der Waals surface area contributed by atoms with Crippen molar-refractivity contribution in [1.29, 1.82) is 10.5 Å². The first-order chi connectivity index (χ1) is 17.6. The summed E-state index contributed by atoms with van der Waals surface area (Å²) in [4.78, 5) is 19.9. The molecule has 36 heavy (non-hydrogen) atoms. The molecule has 0 radical (unpaired) electrons. The molecule has 0 aliphatic heterocycles. The van der Waals surface area contributed by atoms with E-state index in [1.54, 1.807) is 0 Å². The summed E-state index contributed by atoms with van der Waals surface area (Å²) < 4.78 is 0. The topological polar surface area (TPSA) is 99.1 Å². The van der Waals surface area contributed by atoms with Gasteiger partial charge in [0.2, 0.25) is 0 Å². The molecule has 2 aromatic heterocycles. The minimum atomic E-state index is 0.613. The van der Waals surface area contributed by atoms with Crippen molar-refractivity contribution in [3.63, 3.8) is 0 Å². The highest BCUT2D eigenvalue weighted by atomic mass is 14.9. The molecule has 6 heteroatoms. The zero-order valence-electron chi connectivity index (χ0n) is 19.3. The second-order valence-electron chi connectivity index (χ2n) is 9.45. The van der Waals surface area contributed by atoms with Gasteiger partial charge in [0.05, 0.1) is 68.1 Å². The van der Waals surface area contributed by atoms with E-state index in [-0.39, 0.29) is 0 Å². The summed E-state index contributed by atoms with van der Waals surface area (Å²) in [7, 11) is 0. The largest absolute Gasteiger partial charge is 0.244 e. The molecule has 0 N–H and O–H groups in total. The van der Waals surface area contributed by atoms with Gasteiger partial charge in [0.25, 0.3) is 0 Å². The summed E-state index contributed by atoms with van der Waals surface area (Å²) in [6.07, 6.45) is 0. The Morgan fingerprint density at radius 2 is 0.806 bits per heavy atom. The third-order valence-corrected chi connectivity index (χ3v) is 7.44. The van der Waals surface area contributed by atoms with Gasteiger partial charge >= 0.3 is 0 Å². The standard InChI is InChI=1S/C30H14N6/c1-13-7-21-23(9-15(13)11-31)35-29-19-5-6-20-26-18(4-3-17(25(19)26)27(29)33-21)28-30(20)36-24-10-16(12-32)14(2)8-22(24)34-28/h3-10H,1-2H3. The molecule has 6 aromatic rings. The second-order valence-corrected chi connectivity index (χ2v) is 9.45. The first kappa shape index (κ1) is 19.1. The Morgan fingerprint density at radius 3 is 1.11 bits per heavy atom. The van der Waals surface area contributed by atoms with Gasteiger partial charge in [-0.3, -0.25) is 0 Å². The number of hydrogen-bond acceptors (Lipinski definition) is 6. The highest BCUT2D eigenvalue weighted by Crippen LogP contribution is 2.54. The number of benzene rings is 4. The molecule has 6 nitrogen and oxygen atoms in total. The second kappa shape index (κ2) is 6.27. The predicted octanol–water partition coefficient (Wildman–Crippen LogP) is 6.38. The van der Waals surface area contributed by atoms with Gasteiger partial charge in [-0.15, -0.1) is 0 Å². The minimum Gasteiger partial charge on any atom is -0.244 e. The van der Waals surface area contributed by atoms with Crippen LogP contribution in [0.2, 0.25) is 0 Å². The van der Waals surface area contributed by atoms with Crippen molar-refractivity contribution in [3.8, 4) is 57.2 Å². The van der Waals surface area contributed by atoms with Gasteiger partial charge in [0.15, 0.2) is 0 Å². The molecule has 0 atom stereocenters. The quantitative estimate of drug-likeness (QED) is 0.261. The van der Waals surface area contributed by atoms with Gasteiger partial charge in [-0.2, -0.15) is 10.5 Å². The van der Waals surface area contributed by atoms with Crippen molar-refractivity contribution in [1.82, 2.24) is 19.9 Å². The Bertz CT molecular complexity index is 1990. The third-order valence-electron chi connectivity index (χ3n) is 7.44. The minimum absolute atomic E-state index is 0.613. The number of nitrogens with zero attached hydrogens (tertiary/aromatic N) is 6. The summed E-state index contributed by atoms with van der Waals surface area (Å²) in [5.74, 6) is 0. The van der Waals surface area contributed by atoms with Gasteiger partial charge in [-0.25, -0.2) is 19.9 Å². The van der Waals surface area contributed by atoms with E-state index in [0.717, 1.165) is 89.0 Å². The van der Waals surface area contributed by atoms with E-state index in [4.69, 9.17) is 19.9 Å². The first-order valence-electron chi connectivity index (χ1n) is 11.6. The zero-order valence-corrected chi connectivity index (χ0v) is 19.3. The van der Waals surface area contributed by atoms with Crippen molar-refractivity contribution in [2.45, 2.75) is 13.8 Å². The Hall–Kier alpha value is -5.20. The van der Waals surface area contributed by atoms with E-state index >= 15 is 0 Å². The zero-order chi connectivity index (χ0) is 24.3. The molecule has 0 spiro atoms. The summed E-state index contributed by atoms with van der Waals surface area (Å²) in [6, 6.07) is 20.4. The van der Waals surface area contributed by atoms with Crippen LogP contribution in [0.25, 0.3) is 77.9 Å². The van der Waals surface area contributed by atoms with Crippen LogP contribution in [0.5, 0.6) is 0 Å². The Labute approximate surface area is 205 Å². The number of hydrogen-bond donors (Lipinski definition) is 0. The summed E-state index contributed by atoms with van der Waals surface area (Å²) >= 11 is 0.